The molecular weight excluding hydrogens is 354 g/mol. The van der Waals surface area contributed by atoms with E-state index in [9.17, 15) is 4.79 Å². The minimum Gasteiger partial charge on any atom is -0.302 e. The summed E-state index contributed by atoms with van der Waals surface area (Å²) in [5.41, 5.74) is 4.35. The minimum atomic E-state index is -0.0638. The predicted octanol–water partition coefficient (Wildman–Crippen LogP) is 3.27. The number of thiazole rings is 1. The lowest BCUT2D eigenvalue weighted by atomic mass is 10.1. The highest BCUT2D eigenvalue weighted by molar-refractivity contribution is 7.15. The summed E-state index contributed by atoms with van der Waals surface area (Å²) in [6.45, 7) is 5.72. The molecule has 1 unspecified atom stereocenters. The Labute approximate surface area is 154 Å². The molecule has 6 nitrogen and oxygen atoms in total. The normalized spacial score (nSPS) is 16.4. The number of nitrogens with zero attached hydrogens (tertiary/aromatic N) is 4. The maximum atomic E-state index is 11.2. The first-order valence-electron chi connectivity index (χ1n) is 8.32. The molecule has 25 heavy (non-hydrogen) atoms. The number of carbonyl (C=O) groups excluding carboxylic acids is 1. The van der Waals surface area contributed by atoms with Crippen LogP contribution in [-0.2, 0) is 17.6 Å². The third-order valence-corrected chi connectivity index (χ3v) is 6.26. The molecule has 1 atom stereocenters. The molecule has 1 aromatic carbocycles. The first-order chi connectivity index (χ1) is 12.1. The summed E-state index contributed by atoms with van der Waals surface area (Å²) in [4.78, 5) is 19.6. The Hall–Kier alpha value is -1.90. The van der Waals surface area contributed by atoms with Gasteiger partial charge in [0, 0.05) is 37.4 Å². The number of benzene rings is 1. The molecular formula is C17H19N5OS2. The second-order valence-electron chi connectivity index (χ2n) is 6.29. The predicted molar refractivity (Wildman–Crippen MR) is 101 cm³/mol. The first kappa shape index (κ1) is 16.6. The second-order valence-corrected chi connectivity index (χ2v) is 7.91. The molecule has 1 aliphatic rings. The number of hydrogen-bond acceptors (Lipinski definition) is 7. The Morgan fingerprint density at radius 1 is 1.24 bits per heavy atom. The molecule has 4 rings (SSSR count). The summed E-state index contributed by atoms with van der Waals surface area (Å²) in [6.07, 6.45) is 1.88. The van der Waals surface area contributed by atoms with Gasteiger partial charge in [-0.05, 0) is 31.0 Å². The van der Waals surface area contributed by atoms with Crippen LogP contribution in [0.5, 0.6) is 0 Å². The Balaban J connectivity index is 1.49. The van der Waals surface area contributed by atoms with Crippen LogP contribution in [0.1, 0.15) is 36.0 Å². The lowest BCUT2D eigenvalue weighted by molar-refractivity contribution is -0.114. The Morgan fingerprint density at radius 3 is 2.88 bits per heavy atom. The van der Waals surface area contributed by atoms with Gasteiger partial charge in [0.05, 0.1) is 17.4 Å². The standard InChI is InChI=1S/C17H19N5OS2/c1-10(12-3-4-13-15(9-12)21-25-20-13)22-7-5-14-16(6-8-22)24-17(19-14)18-11(2)23/h3-4,9-10H,5-8H2,1-2H3,(H,18,19,23). The van der Waals surface area contributed by atoms with E-state index in [0.717, 1.165) is 47.8 Å². The number of aromatic nitrogens is 3. The quantitative estimate of drug-likeness (QED) is 0.763. The highest BCUT2D eigenvalue weighted by atomic mass is 32.1. The van der Waals surface area contributed by atoms with Crippen molar-refractivity contribution in [2.45, 2.75) is 32.7 Å². The molecule has 8 heteroatoms. The van der Waals surface area contributed by atoms with Crippen LogP contribution in [0.3, 0.4) is 0 Å². The van der Waals surface area contributed by atoms with E-state index in [1.54, 1.807) is 11.3 Å². The second kappa shape index (κ2) is 6.78. The molecule has 3 heterocycles. The lowest BCUT2D eigenvalue weighted by Gasteiger charge is -2.27. The minimum absolute atomic E-state index is 0.0638. The zero-order chi connectivity index (χ0) is 17.4. The smallest absolute Gasteiger partial charge is 0.223 e. The van der Waals surface area contributed by atoms with Crippen LogP contribution in [0.15, 0.2) is 18.2 Å². The lowest BCUT2D eigenvalue weighted by Crippen LogP contribution is -2.29. The zero-order valence-electron chi connectivity index (χ0n) is 14.2. The molecule has 0 aliphatic carbocycles. The SMILES string of the molecule is CC(=O)Nc1nc2c(s1)CCN(C(C)c1ccc3nsnc3c1)CC2. The van der Waals surface area contributed by atoms with Gasteiger partial charge < -0.3 is 5.32 Å². The summed E-state index contributed by atoms with van der Waals surface area (Å²) < 4.78 is 8.63. The monoisotopic (exact) mass is 373 g/mol. The Morgan fingerprint density at radius 2 is 2.04 bits per heavy atom. The fraction of sp³-hybridized carbons (Fsp3) is 0.412. The summed E-state index contributed by atoms with van der Waals surface area (Å²) in [6, 6.07) is 6.69. The number of hydrogen-bond donors (Lipinski definition) is 1. The van der Waals surface area contributed by atoms with Gasteiger partial charge in [0.25, 0.3) is 0 Å². The average Bonchev–Trinajstić information content (AvgIpc) is 3.15. The summed E-state index contributed by atoms with van der Waals surface area (Å²) in [5.74, 6) is -0.0638. The van der Waals surface area contributed by atoms with E-state index in [2.05, 4.69) is 49.1 Å². The van der Waals surface area contributed by atoms with E-state index >= 15 is 0 Å². The van der Waals surface area contributed by atoms with Crippen molar-refractivity contribution in [3.8, 4) is 0 Å². The molecule has 1 amide bonds. The van der Waals surface area contributed by atoms with E-state index in [1.165, 1.54) is 29.1 Å². The maximum Gasteiger partial charge on any atom is 0.223 e. The van der Waals surface area contributed by atoms with E-state index in [-0.39, 0.29) is 5.91 Å². The Bertz CT molecular complexity index is 893. The van der Waals surface area contributed by atoms with Gasteiger partial charge in [0.15, 0.2) is 5.13 Å². The van der Waals surface area contributed by atoms with Gasteiger partial charge in [0.1, 0.15) is 11.0 Å². The van der Waals surface area contributed by atoms with E-state index in [4.69, 9.17) is 0 Å². The van der Waals surface area contributed by atoms with Gasteiger partial charge in [-0.3, -0.25) is 9.69 Å². The fourth-order valence-electron chi connectivity index (χ4n) is 3.24. The number of anilines is 1. The number of nitrogens with one attached hydrogen (secondary N) is 1. The topological polar surface area (TPSA) is 71.0 Å². The molecule has 3 aromatic rings. The molecule has 0 bridgehead atoms. The highest BCUT2D eigenvalue weighted by Gasteiger charge is 2.23. The third kappa shape index (κ3) is 3.42. The molecule has 0 saturated carbocycles. The molecule has 0 saturated heterocycles. The van der Waals surface area contributed by atoms with Crippen molar-refractivity contribution in [2.24, 2.45) is 0 Å². The molecule has 0 radical (unpaired) electrons. The van der Waals surface area contributed by atoms with Crippen LogP contribution in [0.2, 0.25) is 0 Å². The van der Waals surface area contributed by atoms with Gasteiger partial charge in [-0.25, -0.2) is 4.98 Å². The third-order valence-electron chi connectivity index (χ3n) is 4.63. The van der Waals surface area contributed by atoms with Crippen LogP contribution < -0.4 is 5.32 Å². The average molecular weight is 374 g/mol. The van der Waals surface area contributed by atoms with Crippen LogP contribution in [0.25, 0.3) is 11.0 Å². The fourth-order valence-corrected chi connectivity index (χ4v) is 4.80. The summed E-state index contributed by atoms with van der Waals surface area (Å²) in [5, 5.41) is 3.52. The summed E-state index contributed by atoms with van der Waals surface area (Å²) in [7, 11) is 0. The van der Waals surface area contributed by atoms with Crippen molar-refractivity contribution in [1.82, 2.24) is 18.6 Å². The van der Waals surface area contributed by atoms with E-state index < -0.39 is 0 Å². The molecule has 1 N–H and O–H groups in total. The molecule has 130 valence electrons. The van der Waals surface area contributed by atoms with Gasteiger partial charge in [0.2, 0.25) is 5.91 Å². The van der Waals surface area contributed by atoms with Gasteiger partial charge in [-0.15, -0.1) is 11.3 Å². The number of rotatable bonds is 3. The molecule has 0 spiro atoms. The van der Waals surface area contributed by atoms with Crippen molar-refractivity contribution in [1.29, 1.82) is 0 Å². The van der Waals surface area contributed by atoms with Crippen LogP contribution >= 0.6 is 23.1 Å². The molecule has 2 aromatic heterocycles. The van der Waals surface area contributed by atoms with Crippen molar-refractivity contribution < 1.29 is 4.79 Å². The van der Waals surface area contributed by atoms with Crippen LogP contribution in [0.4, 0.5) is 5.13 Å². The van der Waals surface area contributed by atoms with Crippen LogP contribution in [-0.4, -0.2) is 37.6 Å². The first-order valence-corrected chi connectivity index (χ1v) is 9.87. The van der Waals surface area contributed by atoms with E-state index in [1.807, 2.05) is 0 Å². The van der Waals surface area contributed by atoms with Gasteiger partial charge in [-0.2, -0.15) is 8.75 Å². The van der Waals surface area contributed by atoms with Crippen molar-refractivity contribution in [3.63, 3.8) is 0 Å². The van der Waals surface area contributed by atoms with Crippen molar-refractivity contribution in [3.05, 3.63) is 34.3 Å². The van der Waals surface area contributed by atoms with Gasteiger partial charge >= 0.3 is 0 Å². The molecule has 0 fully saturated rings. The summed E-state index contributed by atoms with van der Waals surface area (Å²) >= 11 is 2.86. The number of amides is 1. The number of fused-ring (bicyclic) bond motifs is 2. The maximum absolute atomic E-state index is 11.2. The highest BCUT2D eigenvalue weighted by Crippen LogP contribution is 2.30. The van der Waals surface area contributed by atoms with Crippen molar-refractivity contribution in [2.75, 3.05) is 18.4 Å². The van der Waals surface area contributed by atoms with Crippen LogP contribution in [0, 0.1) is 0 Å². The Kier molecular flexibility index (Phi) is 4.49. The zero-order valence-corrected chi connectivity index (χ0v) is 15.8. The van der Waals surface area contributed by atoms with Crippen molar-refractivity contribution >= 4 is 45.1 Å². The van der Waals surface area contributed by atoms with Gasteiger partial charge in [-0.1, -0.05) is 6.07 Å². The molecule has 1 aliphatic heterocycles. The largest absolute Gasteiger partial charge is 0.302 e. The number of carbonyl (C=O) groups is 1. The van der Waals surface area contributed by atoms with E-state index in [0.29, 0.717) is 6.04 Å².